The summed E-state index contributed by atoms with van der Waals surface area (Å²) < 4.78 is 66.8. The van der Waals surface area contributed by atoms with Gasteiger partial charge in [-0.1, -0.05) is 41.9 Å². The number of carbonyl (C=O) groups is 1. The van der Waals surface area contributed by atoms with E-state index in [1.165, 1.54) is 24.3 Å². The minimum Gasteiger partial charge on any atom is -0.336 e. The Kier molecular flexibility index (Phi) is 7.59. The number of nitrogens with one attached hydrogen (secondary N) is 2. The maximum atomic E-state index is 13.8. The third kappa shape index (κ3) is 6.96. The molecule has 2 N–H and O–H groups in total. The Morgan fingerprint density at radius 3 is 2.23 bits per heavy atom. The Labute approximate surface area is 182 Å². The second kappa shape index (κ2) is 9.24. The van der Waals surface area contributed by atoms with Gasteiger partial charge in [-0.15, -0.1) is 0 Å². The van der Waals surface area contributed by atoms with E-state index in [4.69, 9.17) is 5.26 Å². The van der Waals surface area contributed by atoms with Crippen molar-refractivity contribution in [3.63, 3.8) is 0 Å². The largest absolute Gasteiger partial charge is 0.407 e. The number of benzene rings is 1. The lowest BCUT2D eigenvalue weighted by atomic mass is 10.1. The fourth-order valence-corrected chi connectivity index (χ4v) is 5.15. The van der Waals surface area contributed by atoms with Crippen LogP contribution in [0.4, 0.5) is 13.2 Å². The first-order valence-electron chi connectivity index (χ1n) is 9.29. The average Bonchev–Trinajstić information content (AvgIpc) is 3.37. The van der Waals surface area contributed by atoms with Crippen molar-refractivity contribution in [3.05, 3.63) is 34.3 Å². The standard InChI is InChI=1S/C19H23BrF3N3O3S/c1-12(2)9-30(28,29)10-15(17(27)26-18(11-24)7-8-18)25-16(19(21,22)23)13-3-5-14(20)6-4-13/h3-6,12,15-16,25H,7-10H2,1-2H3,(H,26,27)/t15-,16-/m0/s1. The number of rotatable bonds is 9. The molecule has 0 bridgehead atoms. The second-order valence-corrected chi connectivity index (χ2v) is 11.0. The average molecular weight is 510 g/mol. The molecule has 2 rings (SSSR count). The molecule has 1 aliphatic rings. The van der Waals surface area contributed by atoms with Crippen molar-refractivity contribution < 1.29 is 26.4 Å². The zero-order valence-electron chi connectivity index (χ0n) is 16.5. The monoisotopic (exact) mass is 509 g/mol. The summed E-state index contributed by atoms with van der Waals surface area (Å²) in [5.74, 6) is -2.26. The van der Waals surface area contributed by atoms with E-state index in [-0.39, 0.29) is 17.2 Å². The zero-order chi connectivity index (χ0) is 22.7. The van der Waals surface area contributed by atoms with Crippen LogP contribution >= 0.6 is 15.9 Å². The van der Waals surface area contributed by atoms with Gasteiger partial charge in [0.25, 0.3) is 0 Å². The van der Waals surface area contributed by atoms with Crippen molar-refractivity contribution in [1.29, 1.82) is 5.26 Å². The van der Waals surface area contributed by atoms with Gasteiger partial charge in [-0.25, -0.2) is 8.42 Å². The fraction of sp³-hybridized carbons (Fsp3) is 0.579. The van der Waals surface area contributed by atoms with Crippen LogP contribution in [0.5, 0.6) is 0 Å². The van der Waals surface area contributed by atoms with Crippen LogP contribution in [0.25, 0.3) is 0 Å². The molecule has 1 fully saturated rings. The van der Waals surface area contributed by atoms with Crippen LogP contribution in [0, 0.1) is 17.2 Å². The number of sulfone groups is 1. The fourth-order valence-electron chi connectivity index (χ4n) is 2.98. The van der Waals surface area contributed by atoms with Gasteiger partial charge in [0.05, 0.1) is 17.6 Å². The predicted octanol–water partition coefficient (Wildman–Crippen LogP) is 3.25. The number of halogens is 4. The Bertz CT molecular complexity index is 908. The van der Waals surface area contributed by atoms with Crippen molar-refractivity contribution in [1.82, 2.24) is 10.6 Å². The van der Waals surface area contributed by atoms with Crippen molar-refractivity contribution in [2.45, 2.75) is 50.5 Å². The van der Waals surface area contributed by atoms with E-state index in [2.05, 4.69) is 26.6 Å². The molecular weight excluding hydrogens is 487 g/mol. The normalized spacial score (nSPS) is 17.8. The number of hydrogen-bond donors (Lipinski definition) is 2. The maximum Gasteiger partial charge on any atom is 0.407 e. The van der Waals surface area contributed by atoms with E-state index in [1.807, 2.05) is 6.07 Å². The first-order chi connectivity index (χ1) is 13.8. The smallest absolute Gasteiger partial charge is 0.336 e. The molecule has 11 heteroatoms. The molecule has 6 nitrogen and oxygen atoms in total. The van der Waals surface area contributed by atoms with Crippen LogP contribution in [-0.2, 0) is 14.6 Å². The predicted molar refractivity (Wildman–Crippen MR) is 109 cm³/mol. The van der Waals surface area contributed by atoms with E-state index < -0.39 is 45.3 Å². The van der Waals surface area contributed by atoms with Gasteiger partial charge in [-0.05, 0) is 36.5 Å². The molecular formula is C19H23BrF3N3O3S. The molecule has 0 heterocycles. The molecule has 0 aromatic heterocycles. The van der Waals surface area contributed by atoms with Gasteiger partial charge >= 0.3 is 6.18 Å². The first-order valence-corrected chi connectivity index (χ1v) is 11.9. The van der Waals surface area contributed by atoms with Crippen molar-refractivity contribution in [2.75, 3.05) is 11.5 Å². The third-order valence-corrected chi connectivity index (χ3v) is 7.09. The van der Waals surface area contributed by atoms with E-state index in [0.29, 0.717) is 17.3 Å². The SMILES string of the molecule is CC(C)CS(=O)(=O)C[C@H](N[C@@H](c1ccc(Br)cc1)C(F)(F)F)C(=O)NC1(C#N)CC1. The van der Waals surface area contributed by atoms with Crippen LogP contribution in [0.3, 0.4) is 0 Å². The van der Waals surface area contributed by atoms with Crippen LogP contribution in [-0.4, -0.2) is 43.6 Å². The van der Waals surface area contributed by atoms with Gasteiger partial charge < -0.3 is 5.32 Å². The third-order valence-electron chi connectivity index (χ3n) is 4.55. The van der Waals surface area contributed by atoms with Crippen LogP contribution in [0.2, 0.25) is 0 Å². The molecule has 2 atom stereocenters. The van der Waals surface area contributed by atoms with Crippen LogP contribution < -0.4 is 10.6 Å². The molecule has 1 aliphatic carbocycles. The molecule has 0 spiro atoms. The lowest BCUT2D eigenvalue weighted by Gasteiger charge is -2.28. The lowest BCUT2D eigenvalue weighted by Crippen LogP contribution is -2.54. The Morgan fingerprint density at radius 2 is 1.80 bits per heavy atom. The highest BCUT2D eigenvalue weighted by molar-refractivity contribution is 9.10. The highest BCUT2D eigenvalue weighted by atomic mass is 79.9. The molecule has 0 unspecified atom stereocenters. The van der Waals surface area contributed by atoms with Crippen molar-refractivity contribution in [2.24, 2.45) is 5.92 Å². The highest BCUT2D eigenvalue weighted by Crippen LogP contribution is 2.36. The Hall–Kier alpha value is -1.64. The summed E-state index contributed by atoms with van der Waals surface area (Å²) in [5.41, 5.74) is -1.30. The minimum absolute atomic E-state index is 0.161. The van der Waals surface area contributed by atoms with E-state index in [0.717, 1.165) is 0 Å². The molecule has 30 heavy (non-hydrogen) atoms. The summed E-state index contributed by atoms with van der Waals surface area (Å²) in [4.78, 5) is 12.7. The van der Waals surface area contributed by atoms with Crippen LogP contribution in [0.1, 0.15) is 38.3 Å². The number of nitriles is 1. The molecule has 0 saturated heterocycles. The zero-order valence-corrected chi connectivity index (χ0v) is 18.9. The number of nitrogens with zero attached hydrogens (tertiary/aromatic N) is 1. The molecule has 1 saturated carbocycles. The quantitative estimate of drug-likeness (QED) is 0.532. The Morgan fingerprint density at radius 1 is 1.23 bits per heavy atom. The first kappa shape index (κ1) is 24.6. The molecule has 1 aromatic rings. The van der Waals surface area contributed by atoms with Crippen LogP contribution in [0.15, 0.2) is 28.7 Å². The summed E-state index contributed by atoms with van der Waals surface area (Å²) in [7, 11) is -3.83. The summed E-state index contributed by atoms with van der Waals surface area (Å²) in [6.45, 7) is 3.32. The van der Waals surface area contributed by atoms with Crippen molar-refractivity contribution in [3.8, 4) is 6.07 Å². The summed E-state index contributed by atoms with van der Waals surface area (Å²) in [6.07, 6.45) is -4.03. The van der Waals surface area contributed by atoms with Crippen molar-refractivity contribution >= 4 is 31.7 Å². The van der Waals surface area contributed by atoms with Gasteiger partial charge in [-0.3, -0.25) is 10.1 Å². The van der Waals surface area contributed by atoms with Gasteiger partial charge in [0.1, 0.15) is 17.6 Å². The van der Waals surface area contributed by atoms with E-state index in [1.54, 1.807) is 13.8 Å². The van der Waals surface area contributed by atoms with Gasteiger partial charge in [0, 0.05) is 4.47 Å². The number of hydrogen-bond acceptors (Lipinski definition) is 5. The molecule has 166 valence electrons. The number of amides is 1. The van der Waals surface area contributed by atoms with Gasteiger partial charge in [-0.2, -0.15) is 18.4 Å². The minimum atomic E-state index is -4.78. The number of carbonyl (C=O) groups excluding carboxylic acids is 1. The molecule has 0 aliphatic heterocycles. The summed E-state index contributed by atoms with van der Waals surface area (Å²) in [6, 6.07) is 3.32. The van der Waals surface area contributed by atoms with E-state index >= 15 is 0 Å². The molecule has 1 amide bonds. The Balaban J connectivity index is 2.34. The highest BCUT2D eigenvalue weighted by Gasteiger charge is 2.48. The molecule has 0 radical (unpaired) electrons. The lowest BCUT2D eigenvalue weighted by molar-refractivity contribution is -0.160. The van der Waals surface area contributed by atoms with Gasteiger partial charge in [0.15, 0.2) is 9.84 Å². The number of alkyl halides is 3. The van der Waals surface area contributed by atoms with Gasteiger partial charge in [0.2, 0.25) is 5.91 Å². The summed E-state index contributed by atoms with van der Waals surface area (Å²) in [5, 5.41) is 13.8. The topological polar surface area (TPSA) is 99.1 Å². The maximum absolute atomic E-state index is 13.8. The second-order valence-electron chi connectivity index (χ2n) is 7.90. The van der Waals surface area contributed by atoms with E-state index in [9.17, 15) is 26.4 Å². The molecule has 1 aromatic carbocycles. The summed E-state index contributed by atoms with van der Waals surface area (Å²) >= 11 is 3.15.